The molecule has 0 amide bonds. The van der Waals surface area contributed by atoms with Gasteiger partial charge in [-0.2, -0.15) is 0 Å². The van der Waals surface area contributed by atoms with Gasteiger partial charge in [0.2, 0.25) is 0 Å². The number of ether oxygens (including phenoxy) is 1. The van der Waals surface area contributed by atoms with Crippen molar-refractivity contribution < 1.29 is 29.3 Å². The highest BCUT2D eigenvalue weighted by atomic mass is 16.5. The standard InChI is InChI=1S/C23H32O6/c1-20(2,3)16-9-7-15(8-10-16)11-29-19(28)23(6)13-21(4,17(24)25)12-22(5,14-23)18(26)27/h7-10H,11-14H2,1-6H3,(H,24,25)(H,26,27)/t21-,22+,23?. The van der Waals surface area contributed by atoms with Crippen LogP contribution in [0.15, 0.2) is 24.3 Å². The molecule has 1 aliphatic carbocycles. The number of carbonyl (C=O) groups excluding carboxylic acids is 1. The number of esters is 1. The normalized spacial score (nSPS) is 29.9. The van der Waals surface area contributed by atoms with E-state index in [9.17, 15) is 24.6 Å². The summed E-state index contributed by atoms with van der Waals surface area (Å²) in [6.07, 6.45) is 0.0573. The third-order valence-corrected chi connectivity index (χ3v) is 6.06. The second-order valence-corrected chi connectivity index (χ2v) is 10.3. The Hall–Kier alpha value is -2.37. The molecule has 29 heavy (non-hydrogen) atoms. The second-order valence-electron chi connectivity index (χ2n) is 10.3. The third kappa shape index (κ3) is 4.80. The van der Waals surface area contributed by atoms with Gasteiger partial charge in [0.15, 0.2) is 0 Å². The van der Waals surface area contributed by atoms with Crippen molar-refractivity contribution in [3.8, 4) is 0 Å². The van der Waals surface area contributed by atoms with Gasteiger partial charge in [0.25, 0.3) is 0 Å². The van der Waals surface area contributed by atoms with Crippen molar-refractivity contribution in [2.45, 2.75) is 72.8 Å². The maximum absolute atomic E-state index is 12.9. The largest absolute Gasteiger partial charge is 0.481 e. The zero-order valence-electron chi connectivity index (χ0n) is 18.2. The van der Waals surface area contributed by atoms with E-state index < -0.39 is 34.2 Å². The molecule has 1 saturated carbocycles. The summed E-state index contributed by atoms with van der Waals surface area (Å²) in [5.74, 6) is -2.75. The first-order valence-corrected chi connectivity index (χ1v) is 9.85. The fourth-order valence-electron chi connectivity index (χ4n) is 4.64. The summed E-state index contributed by atoms with van der Waals surface area (Å²) in [7, 11) is 0. The maximum Gasteiger partial charge on any atom is 0.312 e. The summed E-state index contributed by atoms with van der Waals surface area (Å²) < 4.78 is 5.52. The number of hydrogen-bond donors (Lipinski definition) is 2. The molecule has 0 aliphatic heterocycles. The zero-order chi connectivity index (χ0) is 22.3. The first-order valence-electron chi connectivity index (χ1n) is 9.85. The lowest BCUT2D eigenvalue weighted by molar-refractivity contribution is -0.178. The van der Waals surface area contributed by atoms with Gasteiger partial charge in [-0.1, -0.05) is 45.0 Å². The van der Waals surface area contributed by atoms with Gasteiger partial charge in [0.1, 0.15) is 6.61 Å². The van der Waals surface area contributed by atoms with Crippen LogP contribution in [0.25, 0.3) is 0 Å². The molecule has 1 fully saturated rings. The van der Waals surface area contributed by atoms with E-state index in [2.05, 4.69) is 20.8 Å². The molecule has 0 aromatic heterocycles. The van der Waals surface area contributed by atoms with Crippen LogP contribution >= 0.6 is 0 Å². The molecule has 2 rings (SSSR count). The van der Waals surface area contributed by atoms with Crippen LogP contribution in [0.4, 0.5) is 0 Å². The highest BCUT2D eigenvalue weighted by Crippen LogP contribution is 2.55. The van der Waals surface area contributed by atoms with Gasteiger partial charge >= 0.3 is 17.9 Å². The van der Waals surface area contributed by atoms with Gasteiger partial charge in [-0.3, -0.25) is 14.4 Å². The zero-order valence-corrected chi connectivity index (χ0v) is 18.2. The fraction of sp³-hybridized carbons (Fsp3) is 0.609. The summed E-state index contributed by atoms with van der Waals surface area (Å²) in [6.45, 7) is 11.0. The number of rotatable bonds is 5. The number of aliphatic carboxylic acids is 2. The lowest BCUT2D eigenvalue weighted by atomic mass is 9.54. The van der Waals surface area contributed by atoms with Crippen LogP contribution in [0.2, 0.25) is 0 Å². The highest BCUT2D eigenvalue weighted by Gasteiger charge is 2.58. The maximum atomic E-state index is 12.9. The Morgan fingerprint density at radius 2 is 1.28 bits per heavy atom. The van der Waals surface area contributed by atoms with Crippen LogP contribution in [0.5, 0.6) is 0 Å². The molecule has 1 unspecified atom stereocenters. The minimum Gasteiger partial charge on any atom is -0.481 e. The van der Waals surface area contributed by atoms with Gasteiger partial charge in [-0.25, -0.2) is 0 Å². The molecular formula is C23H32O6. The molecule has 6 nitrogen and oxygen atoms in total. The lowest BCUT2D eigenvalue weighted by Gasteiger charge is -2.47. The Balaban J connectivity index is 2.19. The molecule has 160 valence electrons. The van der Waals surface area contributed by atoms with Crippen LogP contribution in [-0.2, 0) is 31.1 Å². The lowest BCUT2D eigenvalue weighted by Crippen LogP contribution is -2.52. The second kappa shape index (κ2) is 7.47. The Kier molecular flexibility index (Phi) is 5.90. The van der Waals surface area contributed by atoms with Crippen molar-refractivity contribution in [1.82, 2.24) is 0 Å². The van der Waals surface area contributed by atoms with Gasteiger partial charge in [0.05, 0.1) is 16.2 Å². The molecule has 0 heterocycles. The van der Waals surface area contributed by atoms with Crippen molar-refractivity contribution in [3.05, 3.63) is 35.4 Å². The minimum absolute atomic E-state index is 0.0212. The summed E-state index contributed by atoms with van der Waals surface area (Å²) in [4.78, 5) is 36.6. The molecule has 6 heteroatoms. The Bertz CT molecular complexity index is 776. The van der Waals surface area contributed by atoms with Gasteiger partial charge < -0.3 is 14.9 Å². The fourth-order valence-corrected chi connectivity index (χ4v) is 4.64. The van der Waals surface area contributed by atoms with Gasteiger partial charge in [-0.05, 0) is 56.6 Å². The average molecular weight is 405 g/mol. The van der Waals surface area contributed by atoms with Crippen molar-refractivity contribution in [2.75, 3.05) is 0 Å². The van der Waals surface area contributed by atoms with E-state index in [1.807, 2.05) is 24.3 Å². The first kappa shape index (κ1) is 22.9. The van der Waals surface area contributed by atoms with Crippen molar-refractivity contribution in [1.29, 1.82) is 0 Å². The summed E-state index contributed by atoms with van der Waals surface area (Å²) in [6, 6.07) is 7.79. The molecule has 0 radical (unpaired) electrons. The Labute approximate surface area is 172 Å². The van der Waals surface area contributed by atoms with Crippen LogP contribution in [0.1, 0.15) is 71.9 Å². The van der Waals surface area contributed by atoms with Gasteiger partial charge in [0, 0.05) is 0 Å². The molecule has 1 aliphatic rings. The monoisotopic (exact) mass is 404 g/mol. The predicted octanol–water partition coefficient (Wildman–Crippen LogP) is 4.40. The molecular weight excluding hydrogens is 372 g/mol. The van der Waals surface area contributed by atoms with E-state index in [1.165, 1.54) is 19.4 Å². The SMILES string of the molecule is CC1(C(=O)OCc2ccc(C(C)(C)C)cc2)C[C@](C)(C(=O)O)C[C@](C)(C(=O)O)C1. The number of hydrogen-bond acceptors (Lipinski definition) is 4. The molecule has 0 bridgehead atoms. The van der Waals surface area contributed by atoms with Crippen LogP contribution < -0.4 is 0 Å². The smallest absolute Gasteiger partial charge is 0.312 e. The van der Waals surface area contributed by atoms with Crippen molar-refractivity contribution >= 4 is 17.9 Å². The van der Waals surface area contributed by atoms with Crippen LogP contribution in [0.3, 0.4) is 0 Å². The Morgan fingerprint density at radius 1 is 0.862 bits per heavy atom. The predicted molar refractivity (Wildman–Crippen MR) is 108 cm³/mol. The average Bonchev–Trinajstić information content (AvgIpc) is 2.58. The van der Waals surface area contributed by atoms with E-state index >= 15 is 0 Å². The van der Waals surface area contributed by atoms with E-state index in [0.29, 0.717) is 0 Å². The number of benzene rings is 1. The van der Waals surface area contributed by atoms with Crippen LogP contribution in [0, 0.1) is 16.2 Å². The van der Waals surface area contributed by atoms with Crippen LogP contribution in [-0.4, -0.2) is 28.1 Å². The molecule has 0 saturated heterocycles. The topological polar surface area (TPSA) is 101 Å². The van der Waals surface area contributed by atoms with E-state index in [-0.39, 0.29) is 31.3 Å². The van der Waals surface area contributed by atoms with E-state index in [0.717, 1.165) is 5.56 Å². The molecule has 1 aromatic rings. The summed E-state index contributed by atoms with van der Waals surface area (Å²) in [5.41, 5.74) is -1.80. The number of carboxylic acid groups (broad SMARTS) is 2. The quantitative estimate of drug-likeness (QED) is 0.706. The minimum atomic E-state index is -1.31. The molecule has 2 N–H and O–H groups in total. The number of carbonyl (C=O) groups is 3. The third-order valence-electron chi connectivity index (χ3n) is 6.06. The summed E-state index contributed by atoms with van der Waals surface area (Å²) in [5, 5.41) is 19.4. The molecule has 1 aromatic carbocycles. The van der Waals surface area contributed by atoms with E-state index in [4.69, 9.17) is 4.74 Å². The van der Waals surface area contributed by atoms with Gasteiger partial charge in [-0.15, -0.1) is 0 Å². The van der Waals surface area contributed by atoms with E-state index in [1.54, 1.807) is 6.92 Å². The van der Waals surface area contributed by atoms with Crippen molar-refractivity contribution in [3.63, 3.8) is 0 Å². The molecule has 0 spiro atoms. The molecule has 3 atom stereocenters. The Morgan fingerprint density at radius 3 is 1.66 bits per heavy atom. The van der Waals surface area contributed by atoms with Crippen molar-refractivity contribution in [2.24, 2.45) is 16.2 Å². The summed E-state index contributed by atoms with van der Waals surface area (Å²) >= 11 is 0. The number of carboxylic acids is 2. The first-order chi connectivity index (χ1) is 13.1. The highest BCUT2D eigenvalue weighted by molar-refractivity contribution is 5.84.